The number of rotatable bonds is 0. The average Bonchev–Trinajstić information content (AvgIpc) is 2.82. The summed E-state index contributed by atoms with van der Waals surface area (Å²) in [5.41, 5.74) is 1.81. The van der Waals surface area contributed by atoms with Crippen LogP contribution in [0.3, 0.4) is 0 Å². The van der Waals surface area contributed by atoms with Crippen LogP contribution >= 0.6 is 0 Å². The molecule has 2 N–H and O–H groups in total. The van der Waals surface area contributed by atoms with Gasteiger partial charge in [0.2, 0.25) is 0 Å². The second-order valence-electron chi connectivity index (χ2n) is 4.49. The third-order valence-electron chi connectivity index (χ3n) is 3.49. The average molecular weight is 234 g/mol. The van der Waals surface area contributed by atoms with Crippen molar-refractivity contribution in [3.05, 3.63) is 41.6 Å². The van der Waals surface area contributed by atoms with Crippen LogP contribution in [0.2, 0.25) is 0 Å². The number of hydrogen-bond donors (Lipinski definition) is 2. The summed E-state index contributed by atoms with van der Waals surface area (Å²) in [7, 11) is 0. The fraction of sp³-hybridized carbons (Fsp3) is 0. The summed E-state index contributed by atoms with van der Waals surface area (Å²) in [6, 6.07) is 11.6. The predicted octanol–water partition coefficient (Wildman–Crippen LogP) is 2.70. The highest BCUT2D eigenvalue weighted by atomic mass is 16.3. The summed E-state index contributed by atoms with van der Waals surface area (Å²) >= 11 is 0. The van der Waals surface area contributed by atoms with Gasteiger partial charge in [-0.15, -0.1) is 0 Å². The van der Waals surface area contributed by atoms with E-state index in [0.717, 1.165) is 37.8 Å². The van der Waals surface area contributed by atoms with Gasteiger partial charge in [-0.1, -0.05) is 36.9 Å². The Balaban J connectivity index is 2.53. The van der Waals surface area contributed by atoms with Crippen molar-refractivity contribution in [1.82, 2.24) is 10.2 Å². The van der Waals surface area contributed by atoms with Crippen LogP contribution < -0.4 is 5.22 Å². The number of phenolic OH excluding ortho intramolecular Hbond substituents is 1. The molecule has 0 saturated heterocycles. The lowest BCUT2D eigenvalue weighted by atomic mass is 9.99. The molecule has 0 unspecified atom stereocenters. The third kappa shape index (κ3) is 0.966. The number of benzene rings is 3. The maximum absolute atomic E-state index is 10.5. The van der Waals surface area contributed by atoms with E-state index < -0.39 is 0 Å². The number of phenols is 1. The fourth-order valence-electron chi connectivity index (χ4n) is 2.65. The first-order valence-corrected chi connectivity index (χ1v) is 5.76. The second-order valence-corrected chi connectivity index (χ2v) is 4.49. The maximum atomic E-state index is 10.5. The van der Waals surface area contributed by atoms with Gasteiger partial charge in [0.05, 0.1) is 5.52 Å². The van der Waals surface area contributed by atoms with Gasteiger partial charge < -0.3 is 5.11 Å². The van der Waals surface area contributed by atoms with E-state index in [1.54, 1.807) is 0 Å². The molecule has 0 aliphatic carbocycles. The van der Waals surface area contributed by atoms with Crippen molar-refractivity contribution < 1.29 is 5.11 Å². The molecule has 0 bridgehead atoms. The van der Waals surface area contributed by atoms with Gasteiger partial charge in [-0.25, -0.2) is 0 Å². The van der Waals surface area contributed by atoms with Gasteiger partial charge in [-0.2, -0.15) is 5.10 Å². The zero-order valence-corrected chi connectivity index (χ0v) is 9.57. The molecule has 0 atom stereocenters. The normalized spacial score (nSPS) is 11.8. The Morgan fingerprint density at radius 2 is 1.78 bits per heavy atom. The zero-order chi connectivity index (χ0) is 12.3. The second kappa shape index (κ2) is 3.01. The quantitative estimate of drug-likeness (QED) is 0.459. The number of hydrogen-bond acceptors (Lipinski definition) is 2. The van der Waals surface area contributed by atoms with Crippen LogP contribution in [0.1, 0.15) is 0 Å². The van der Waals surface area contributed by atoms with Crippen molar-refractivity contribution >= 4 is 39.2 Å². The van der Waals surface area contributed by atoms with Crippen molar-refractivity contribution in [3.8, 4) is 5.75 Å². The molecular formula is C15H10N2O. The first-order chi connectivity index (χ1) is 8.77. The maximum Gasteiger partial charge on any atom is 0.132 e. The Bertz CT molecular complexity index is 953. The highest BCUT2D eigenvalue weighted by molar-refractivity contribution is 6.22. The van der Waals surface area contributed by atoms with Crippen LogP contribution in [0.15, 0.2) is 36.4 Å². The minimum atomic E-state index is 0.287. The molecule has 3 heteroatoms. The summed E-state index contributed by atoms with van der Waals surface area (Å²) in [6.45, 7) is 4.00. The van der Waals surface area contributed by atoms with Crippen LogP contribution in [0.5, 0.6) is 5.75 Å². The number of aromatic nitrogens is 2. The molecule has 4 rings (SSSR count). The minimum Gasteiger partial charge on any atom is -0.507 e. The monoisotopic (exact) mass is 234 g/mol. The third-order valence-corrected chi connectivity index (χ3v) is 3.49. The van der Waals surface area contributed by atoms with E-state index in [-0.39, 0.29) is 5.75 Å². The lowest BCUT2D eigenvalue weighted by Crippen LogP contribution is -1.98. The van der Waals surface area contributed by atoms with Gasteiger partial charge in [-0.05, 0) is 11.3 Å². The van der Waals surface area contributed by atoms with Gasteiger partial charge in [0.1, 0.15) is 11.3 Å². The van der Waals surface area contributed by atoms with Crippen molar-refractivity contribution in [2.75, 3.05) is 0 Å². The van der Waals surface area contributed by atoms with E-state index in [1.807, 2.05) is 36.4 Å². The van der Waals surface area contributed by atoms with Gasteiger partial charge in [0, 0.05) is 21.5 Å². The first-order valence-electron chi connectivity index (χ1n) is 5.76. The Morgan fingerprint density at radius 3 is 2.61 bits per heavy atom. The van der Waals surface area contributed by atoms with E-state index in [0.29, 0.717) is 0 Å². The largest absolute Gasteiger partial charge is 0.507 e. The van der Waals surface area contributed by atoms with Gasteiger partial charge in [0.25, 0.3) is 0 Å². The Kier molecular flexibility index (Phi) is 1.59. The molecule has 0 aliphatic rings. The molecule has 0 saturated carbocycles. The van der Waals surface area contributed by atoms with Crippen molar-refractivity contribution in [2.45, 2.75) is 0 Å². The minimum absolute atomic E-state index is 0.287. The summed E-state index contributed by atoms with van der Waals surface area (Å²) in [5, 5.41) is 22.2. The summed E-state index contributed by atoms with van der Waals surface area (Å²) in [5.74, 6) is 0.287. The number of nitrogens with zero attached hydrogens (tertiary/aromatic N) is 1. The van der Waals surface area contributed by atoms with Crippen LogP contribution in [0, 0.1) is 0 Å². The number of H-pyrrole nitrogens is 1. The molecule has 0 spiro atoms. The Hall–Kier alpha value is -2.55. The summed E-state index contributed by atoms with van der Waals surface area (Å²) in [6.07, 6.45) is 0. The molecular weight excluding hydrogens is 224 g/mol. The molecule has 1 aromatic heterocycles. The smallest absolute Gasteiger partial charge is 0.132 e. The molecule has 18 heavy (non-hydrogen) atoms. The summed E-state index contributed by atoms with van der Waals surface area (Å²) in [4.78, 5) is 0. The van der Waals surface area contributed by atoms with Gasteiger partial charge >= 0.3 is 0 Å². The molecule has 0 aliphatic heterocycles. The lowest BCUT2D eigenvalue weighted by Gasteiger charge is -2.06. The van der Waals surface area contributed by atoms with Crippen molar-refractivity contribution in [3.63, 3.8) is 0 Å². The molecule has 0 amide bonds. The highest BCUT2D eigenvalue weighted by Gasteiger charge is 2.15. The zero-order valence-electron chi connectivity index (χ0n) is 9.57. The number of fused-ring (bicyclic) bond motifs is 2. The van der Waals surface area contributed by atoms with Crippen LogP contribution in [-0.2, 0) is 0 Å². The lowest BCUT2D eigenvalue weighted by molar-refractivity contribution is 0.487. The number of aromatic hydroxyl groups is 1. The molecule has 0 fully saturated rings. The molecule has 3 nitrogen and oxygen atoms in total. The van der Waals surface area contributed by atoms with Crippen molar-refractivity contribution in [1.29, 1.82) is 0 Å². The van der Waals surface area contributed by atoms with Crippen LogP contribution in [0.4, 0.5) is 0 Å². The fourth-order valence-corrected chi connectivity index (χ4v) is 2.65. The van der Waals surface area contributed by atoms with Crippen molar-refractivity contribution in [2.24, 2.45) is 0 Å². The SMILES string of the molecule is C=c1ccc2[nH]nc3c4ccccc4c(O)c1c23. The van der Waals surface area contributed by atoms with E-state index >= 15 is 0 Å². The molecule has 4 aromatic rings. The van der Waals surface area contributed by atoms with Gasteiger partial charge in [-0.3, -0.25) is 5.10 Å². The molecule has 1 heterocycles. The number of aromatic amines is 1. The number of nitrogens with one attached hydrogen (secondary N) is 1. The topological polar surface area (TPSA) is 48.9 Å². The van der Waals surface area contributed by atoms with Gasteiger partial charge in [0.15, 0.2) is 0 Å². The van der Waals surface area contributed by atoms with E-state index in [2.05, 4.69) is 16.8 Å². The Labute approximate surface area is 102 Å². The van der Waals surface area contributed by atoms with E-state index in [1.165, 1.54) is 0 Å². The van der Waals surface area contributed by atoms with Crippen LogP contribution in [0.25, 0.3) is 39.2 Å². The molecule has 86 valence electrons. The summed E-state index contributed by atoms with van der Waals surface area (Å²) < 4.78 is 0. The van der Waals surface area contributed by atoms with E-state index in [9.17, 15) is 5.11 Å². The molecule has 0 radical (unpaired) electrons. The van der Waals surface area contributed by atoms with Crippen LogP contribution in [-0.4, -0.2) is 15.3 Å². The first kappa shape index (κ1) is 9.48. The molecule has 3 aromatic carbocycles. The highest BCUT2D eigenvalue weighted by Crippen LogP contribution is 2.37. The standard InChI is InChI=1S/C15H10N2O/c1-8-6-7-11-13-12(8)15(18)10-5-3-2-4-9(10)14(13)17-16-11/h2-7,18H,1H2,(H,16,17). The predicted molar refractivity (Wildman–Crippen MR) is 73.5 cm³/mol. The van der Waals surface area contributed by atoms with E-state index in [4.69, 9.17) is 0 Å². The Morgan fingerprint density at radius 1 is 1.00 bits per heavy atom.